The topological polar surface area (TPSA) is 24.7 Å². The molecule has 0 fully saturated rings. The Morgan fingerprint density at radius 2 is 2.10 bits per heavy atom. The molecule has 0 amide bonds. The van der Waals surface area contributed by atoms with Crippen LogP contribution in [0.25, 0.3) is 0 Å². The van der Waals surface area contributed by atoms with Crippen molar-refractivity contribution in [2.75, 3.05) is 4.43 Å². The largest absolute Gasteiger partial charge is 0.356 e. The van der Waals surface area contributed by atoms with Crippen LogP contribution in [0.2, 0.25) is 0 Å². The Morgan fingerprint density at radius 1 is 1.60 bits per heavy atom. The lowest BCUT2D eigenvalue weighted by Gasteiger charge is -2.13. The Hall–Kier alpha value is -0.250. The number of terminal acetylenes is 1. The van der Waals surface area contributed by atoms with Crippen LogP contribution in [-0.2, 0) is 0 Å². The lowest BCUT2D eigenvalue weighted by atomic mass is 10.1. The van der Waals surface area contributed by atoms with Gasteiger partial charge in [-0.25, -0.2) is 0 Å². The Kier molecular flexibility index (Phi) is 1.66. The Labute approximate surface area is 70.2 Å². The summed E-state index contributed by atoms with van der Waals surface area (Å²) in [6.45, 7) is 0. The molecule has 1 heterocycles. The molecule has 0 spiro atoms. The molecular formula is C5H3F2IN2. The second-order valence-corrected chi connectivity index (χ2v) is 2.63. The number of hydrogen-bond donors (Lipinski definition) is 0. The Bertz CT molecular complexity index is 212. The average Bonchev–Trinajstić information content (AvgIpc) is 2.67. The minimum absolute atomic E-state index is 0.127. The molecule has 2 nitrogen and oxygen atoms in total. The molecule has 0 radical (unpaired) electrons. The van der Waals surface area contributed by atoms with Gasteiger partial charge in [0.05, 0.1) is 4.43 Å². The predicted octanol–water partition coefficient (Wildman–Crippen LogP) is 1.85. The molecule has 0 bridgehead atoms. The first-order chi connectivity index (χ1) is 4.58. The molecule has 54 valence electrons. The lowest BCUT2D eigenvalue weighted by molar-refractivity contribution is 0.0267. The van der Waals surface area contributed by atoms with Crippen molar-refractivity contribution in [3.8, 4) is 12.3 Å². The molecule has 10 heavy (non-hydrogen) atoms. The van der Waals surface area contributed by atoms with Crippen LogP contribution in [0.3, 0.4) is 0 Å². The van der Waals surface area contributed by atoms with Crippen molar-refractivity contribution in [2.24, 2.45) is 10.2 Å². The van der Waals surface area contributed by atoms with Gasteiger partial charge in [-0.1, -0.05) is 22.6 Å². The summed E-state index contributed by atoms with van der Waals surface area (Å²) in [7, 11) is 0. The summed E-state index contributed by atoms with van der Waals surface area (Å²) < 4.78 is 25.3. The smallest absolute Gasteiger partial charge is 0.187 e. The van der Waals surface area contributed by atoms with Gasteiger partial charge in [-0.2, -0.15) is 8.78 Å². The van der Waals surface area contributed by atoms with Crippen molar-refractivity contribution < 1.29 is 8.78 Å². The molecule has 1 aliphatic rings. The molecule has 5 heteroatoms. The molecule has 0 aromatic rings. The fourth-order valence-electron chi connectivity index (χ4n) is 0.439. The zero-order valence-corrected chi connectivity index (χ0v) is 6.97. The number of alkyl halides is 3. The van der Waals surface area contributed by atoms with Gasteiger partial charge >= 0.3 is 5.92 Å². The average molecular weight is 256 g/mol. The van der Waals surface area contributed by atoms with E-state index in [0.717, 1.165) is 0 Å². The third-order valence-corrected chi connectivity index (χ3v) is 2.28. The predicted molar refractivity (Wildman–Crippen MR) is 40.3 cm³/mol. The summed E-state index contributed by atoms with van der Waals surface area (Å²) in [6, 6.07) is 0. The van der Waals surface area contributed by atoms with E-state index < -0.39 is 11.6 Å². The first-order valence-corrected chi connectivity index (χ1v) is 3.96. The minimum Gasteiger partial charge on any atom is -0.187 e. The zero-order valence-electron chi connectivity index (χ0n) is 4.81. The van der Waals surface area contributed by atoms with E-state index in [1.807, 2.05) is 0 Å². The number of nitrogens with zero attached hydrogens (tertiary/aromatic N) is 2. The third kappa shape index (κ3) is 0.905. The van der Waals surface area contributed by atoms with Gasteiger partial charge in [0.25, 0.3) is 5.66 Å². The highest BCUT2D eigenvalue weighted by molar-refractivity contribution is 14.1. The van der Waals surface area contributed by atoms with E-state index >= 15 is 0 Å². The summed E-state index contributed by atoms with van der Waals surface area (Å²) in [4.78, 5) is 0. The second kappa shape index (κ2) is 2.12. The van der Waals surface area contributed by atoms with Crippen LogP contribution in [0.4, 0.5) is 8.78 Å². The standard InChI is InChI=1S/C5H3F2IN2/c1-2-4(6,7)5(3-8)9-10-5/h1H,3H2. The molecule has 0 saturated carbocycles. The van der Waals surface area contributed by atoms with Gasteiger partial charge in [-0.05, 0) is 5.92 Å². The quantitative estimate of drug-likeness (QED) is 0.409. The van der Waals surface area contributed by atoms with Crippen LogP contribution < -0.4 is 0 Å². The monoisotopic (exact) mass is 256 g/mol. The van der Waals surface area contributed by atoms with Gasteiger partial charge < -0.3 is 0 Å². The molecule has 0 atom stereocenters. The summed E-state index contributed by atoms with van der Waals surface area (Å²) >= 11 is 1.78. The van der Waals surface area contributed by atoms with Crippen molar-refractivity contribution in [3.05, 3.63) is 0 Å². The van der Waals surface area contributed by atoms with Crippen LogP contribution in [0.1, 0.15) is 0 Å². The maximum absolute atomic E-state index is 12.6. The van der Waals surface area contributed by atoms with Crippen LogP contribution in [0.5, 0.6) is 0 Å². The van der Waals surface area contributed by atoms with Crippen molar-refractivity contribution >= 4 is 22.6 Å². The van der Waals surface area contributed by atoms with Crippen LogP contribution in [0, 0.1) is 12.3 Å². The van der Waals surface area contributed by atoms with E-state index in [-0.39, 0.29) is 4.43 Å². The molecule has 0 aromatic carbocycles. The minimum atomic E-state index is -3.21. The van der Waals surface area contributed by atoms with Gasteiger partial charge in [-0.15, -0.1) is 16.7 Å². The first-order valence-electron chi connectivity index (χ1n) is 2.43. The van der Waals surface area contributed by atoms with E-state index in [2.05, 4.69) is 16.7 Å². The van der Waals surface area contributed by atoms with Crippen molar-refractivity contribution in [3.63, 3.8) is 0 Å². The van der Waals surface area contributed by atoms with Crippen LogP contribution >= 0.6 is 22.6 Å². The summed E-state index contributed by atoms with van der Waals surface area (Å²) in [5, 5.41) is 6.44. The number of halogens is 3. The molecule has 0 aliphatic carbocycles. The van der Waals surface area contributed by atoms with Crippen LogP contribution in [0.15, 0.2) is 10.2 Å². The van der Waals surface area contributed by atoms with Gasteiger partial charge in [0.2, 0.25) is 0 Å². The van der Waals surface area contributed by atoms with E-state index in [4.69, 9.17) is 0 Å². The number of hydrogen-bond acceptors (Lipinski definition) is 2. The van der Waals surface area contributed by atoms with E-state index in [1.165, 1.54) is 5.92 Å². The van der Waals surface area contributed by atoms with Gasteiger partial charge in [0, 0.05) is 0 Å². The third-order valence-electron chi connectivity index (χ3n) is 1.21. The highest BCUT2D eigenvalue weighted by Gasteiger charge is 2.60. The molecule has 1 aliphatic heterocycles. The van der Waals surface area contributed by atoms with Crippen molar-refractivity contribution in [1.82, 2.24) is 0 Å². The first kappa shape index (κ1) is 7.85. The molecule has 0 aromatic heterocycles. The van der Waals surface area contributed by atoms with Crippen molar-refractivity contribution in [2.45, 2.75) is 11.6 Å². The van der Waals surface area contributed by atoms with Gasteiger partial charge in [-0.3, -0.25) is 0 Å². The van der Waals surface area contributed by atoms with E-state index in [9.17, 15) is 8.78 Å². The SMILES string of the molecule is C#CC(F)(F)C1(CI)N=N1. The van der Waals surface area contributed by atoms with E-state index in [0.29, 0.717) is 0 Å². The molecule has 1 rings (SSSR count). The van der Waals surface area contributed by atoms with E-state index in [1.54, 1.807) is 22.6 Å². The highest BCUT2D eigenvalue weighted by atomic mass is 127. The van der Waals surface area contributed by atoms with Gasteiger partial charge in [0.15, 0.2) is 0 Å². The summed E-state index contributed by atoms with van der Waals surface area (Å²) in [5.41, 5.74) is -1.59. The fraction of sp³-hybridized carbons (Fsp3) is 0.600. The molecular weight excluding hydrogens is 253 g/mol. The lowest BCUT2D eigenvalue weighted by Crippen LogP contribution is -2.36. The Balaban J connectivity index is 2.75. The molecule has 0 N–H and O–H groups in total. The molecule has 0 unspecified atom stereocenters. The normalized spacial score (nSPS) is 20.2. The summed E-state index contributed by atoms with van der Waals surface area (Å²) in [6.07, 6.45) is 4.58. The fourth-order valence-corrected chi connectivity index (χ4v) is 1.22. The Morgan fingerprint density at radius 3 is 2.20 bits per heavy atom. The maximum Gasteiger partial charge on any atom is 0.356 e. The van der Waals surface area contributed by atoms with Gasteiger partial charge in [0.1, 0.15) is 0 Å². The highest BCUT2D eigenvalue weighted by Crippen LogP contribution is 2.43. The number of rotatable bonds is 2. The molecule has 0 saturated heterocycles. The maximum atomic E-state index is 12.6. The van der Waals surface area contributed by atoms with Crippen LogP contribution in [-0.4, -0.2) is 16.0 Å². The summed E-state index contributed by atoms with van der Waals surface area (Å²) in [5.74, 6) is -1.84. The zero-order chi connectivity index (χ0) is 7.83. The second-order valence-electron chi connectivity index (χ2n) is 1.87. The van der Waals surface area contributed by atoms with Crippen molar-refractivity contribution in [1.29, 1.82) is 0 Å².